The van der Waals surface area contributed by atoms with Crippen molar-refractivity contribution in [2.24, 2.45) is 5.92 Å². The lowest BCUT2D eigenvalue weighted by Gasteiger charge is -2.15. The third-order valence-corrected chi connectivity index (χ3v) is 3.22. The number of nitrogens with zero attached hydrogens (tertiary/aromatic N) is 2. The first kappa shape index (κ1) is 11.8. The van der Waals surface area contributed by atoms with Crippen molar-refractivity contribution >= 4 is 5.82 Å². The molecule has 6 heteroatoms. The quantitative estimate of drug-likeness (QED) is 0.590. The van der Waals surface area contributed by atoms with Crippen LogP contribution in [-0.4, -0.2) is 32.5 Å². The van der Waals surface area contributed by atoms with Crippen molar-refractivity contribution in [3.8, 4) is 0 Å². The Labute approximate surface area is 98.0 Å². The van der Waals surface area contributed by atoms with E-state index in [4.69, 9.17) is 10.8 Å². The van der Waals surface area contributed by atoms with Crippen LogP contribution in [-0.2, 0) is 0 Å². The van der Waals surface area contributed by atoms with Crippen molar-refractivity contribution in [2.75, 3.05) is 12.3 Å². The fourth-order valence-corrected chi connectivity index (χ4v) is 2.23. The van der Waals surface area contributed by atoms with Crippen molar-refractivity contribution in [1.82, 2.24) is 9.55 Å². The largest absolute Gasteiger partial charge is 0.396 e. The molecule has 0 spiro atoms. The van der Waals surface area contributed by atoms with Crippen LogP contribution in [0.1, 0.15) is 12.5 Å². The number of aliphatic hydroxyl groups is 2. The van der Waals surface area contributed by atoms with Gasteiger partial charge in [0.25, 0.3) is 0 Å². The van der Waals surface area contributed by atoms with Gasteiger partial charge in [0.05, 0.1) is 18.8 Å². The summed E-state index contributed by atoms with van der Waals surface area (Å²) in [6.45, 7) is 3.67. The second kappa shape index (κ2) is 4.31. The van der Waals surface area contributed by atoms with E-state index in [2.05, 4.69) is 11.6 Å². The molecule has 1 heterocycles. The molecule has 1 aromatic heterocycles. The SMILES string of the molecule is C=C1C(CO)C(O)CC1n1ccc(N)nc1=O. The van der Waals surface area contributed by atoms with Gasteiger partial charge in [0.15, 0.2) is 0 Å². The summed E-state index contributed by atoms with van der Waals surface area (Å²) < 4.78 is 1.39. The smallest absolute Gasteiger partial charge is 0.350 e. The van der Waals surface area contributed by atoms with Gasteiger partial charge in [0.2, 0.25) is 0 Å². The summed E-state index contributed by atoms with van der Waals surface area (Å²) in [6, 6.07) is 1.19. The Kier molecular flexibility index (Phi) is 2.99. The molecule has 1 fully saturated rings. The van der Waals surface area contributed by atoms with E-state index in [9.17, 15) is 9.90 Å². The maximum absolute atomic E-state index is 11.7. The predicted octanol–water partition coefficient (Wildman–Crippen LogP) is -0.704. The highest BCUT2D eigenvalue weighted by atomic mass is 16.3. The summed E-state index contributed by atoms with van der Waals surface area (Å²) in [6.07, 6.45) is 1.21. The van der Waals surface area contributed by atoms with Gasteiger partial charge in [0.1, 0.15) is 5.82 Å². The summed E-state index contributed by atoms with van der Waals surface area (Å²) in [4.78, 5) is 15.3. The van der Waals surface area contributed by atoms with E-state index in [0.717, 1.165) is 0 Å². The minimum Gasteiger partial charge on any atom is -0.396 e. The van der Waals surface area contributed by atoms with E-state index in [1.165, 1.54) is 16.8 Å². The van der Waals surface area contributed by atoms with Crippen LogP contribution in [0.4, 0.5) is 5.82 Å². The van der Waals surface area contributed by atoms with Crippen molar-refractivity contribution in [1.29, 1.82) is 0 Å². The average Bonchev–Trinajstić information content (AvgIpc) is 2.54. The highest BCUT2D eigenvalue weighted by molar-refractivity contribution is 5.25. The van der Waals surface area contributed by atoms with E-state index >= 15 is 0 Å². The maximum atomic E-state index is 11.7. The normalized spacial score (nSPS) is 28.6. The summed E-state index contributed by atoms with van der Waals surface area (Å²) in [5.74, 6) is -0.224. The summed E-state index contributed by atoms with van der Waals surface area (Å²) >= 11 is 0. The van der Waals surface area contributed by atoms with Crippen LogP contribution in [0, 0.1) is 5.92 Å². The van der Waals surface area contributed by atoms with Gasteiger partial charge >= 0.3 is 5.69 Å². The molecule has 92 valence electrons. The lowest BCUT2D eigenvalue weighted by atomic mass is 10.0. The number of rotatable bonds is 2. The standard InChI is InChI=1S/C11H15N3O3/c1-6-7(5-15)9(16)4-8(6)14-3-2-10(12)13-11(14)17/h2-3,7-9,15-16H,1,4-5H2,(H2,12,13,17). The Morgan fingerprint density at radius 3 is 2.88 bits per heavy atom. The Morgan fingerprint density at radius 1 is 1.65 bits per heavy atom. The van der Waals surface area contributed by atoms with Crippen LogP contribution in [0.3, 0.4) is 0 Å². The average molecular weight is 237 g/mol. The fraction of sp³-hybridized carbons (Fsp3) is 0.455. The van der Waals surface area contributed by atoms with Crippen LogP contribution in [0.25, 0.3) is 0 Å². The Balaban J connectivity index is 2.36. The second-order valence-electron chi connectivity index (χ2n) is 4.23. The van der Waals surface area contributed by atoms with Crippen LogP contribution in [0.15, 0.2) is 29.2 Å². The lowest BCUT2D eigenvalue weighted by molar-refractivity contribution is 0.101. The Hall–Kier alpha value is -1.66. The topological polar surface area (TPSA) is 101 Å². The van der Waals surface area contributed by atoms with Gasteiger partial charge in [-0.25, -0.2) is 4.79 Å². The molecule has 2 rings (SSSR count). The van der Waals surface area contributed by atoms with Gasteiger partial charge in [-0.3, -0.25) is 4.57 Å². The summed E-state index contributed by atoms with van der Waals surface area (Å²) in [5, 5.41) is 18.9. The van der Waals surface area contributed by atoms with E-state index in [1.807, 2.05) is 0 Å². The molecule has 0 bridgehead atoms. The number of aliphatic hydroxyl groups excluding tert-OH is 2. The van der Waals surface area contributed by atoms with Gasteiger partial charge in [-0.2, -0.15) is 4.98 Å². The van der Waals surface area contributed by atoms with E-state index in [-0.39, 0.29) is 24.4 Å². The highest BCUT2D eigenvalue weighted by Gasteiger charge is 2.37. The molecule has 0 aromatic carbocycles. The van der Waals surface area contributed by atoms with Gasteiger partial charge in [-0.05, 0) is 18.1 Å². The molecule has 1 aliphatic rings. The zero-order valence-corrected chi connectivity index (χ0v) is 9.28. The van der Waals surface area contributed by atoms with Crippen LogP contribution < -0.4 is 11.4 Å². The number of aromatic nitrogens is 2. The Morgan fingerprint density at radius 2 is 2.35 bits per heavy atom. The molecule has 0 saturated heterocycles. The number of nitrogen functional groups attached to an aromatic ring is 1. The zero-order valence-electron chi connectivity index (χ0n) is 9.28. The van der Waals surface area contributed by atoms with Gasteiger partial charge < -0.3 is 15.9 Å². The summed E-state index contributed by atoms with van der Waals surface area (Å²) in [7, 11) is 0. The molecular formula is C11H15N3O3. The molecule has 1 aromatic rings. The number of nitrogens with two attached hydrogens (primary N) is 1. The molecule has 3 atom stereocenters. The van der Waals surface area contributed by atoms with Crippen LogP contribution in [0.2, 0.25) is 0 Å². The minimum absolute atomic E-state index is 0.161. The van der Waals surface area contributed by atoms with E-state index < -0.39 is 11.8 Å². The van der Waals surface area contributed by atoms with E-state index in [0.29, 0.717) is 12.0 Å². The van der Waals surface area contributed by atoms with E-state index in [1.54, 1.807) is 0 Å². The number of hydrogen-bond acceptors (Lipinski definition) is 5. The monoisotopic (exact) mass is 237 g/mol. The third-order valence-electron chi connectivity index (χ3n) is 3.22. The van der Waals surface area contributed by atoms with Gasteiger partial charge in [-0.1, -0.05) is 6.58 Å². The highest BCUT2D eigenvalue weighted by Crippen LogP contribution is 2.37. The third kappa shape index (κ3) is 1.96. The van der Waals surface area contributed by atoms with Crippen LogP contribution in [0.5, 0.6) is 0 Å². The van der Waals surface area contributed by atoms with Crippen molar-refractivity contribution in [3.05, 3.63) is 34.9 Å². The Bertz CT molecular complexity index is 497. The number of anilines is 1. The predicted molar refractivity (Wildman–Crippen MR) is 62.3 cm³/mol. The molecule has 0 aliphatic heterocycles. The van der Waals surface area contributed by atoms with Gasteiger partial charge in [-0.15, -0.1) is 0 Å². The summed E-state index contributed by atoms with van der Waals surface area (Å²) in [5.41, 5.74) is 5.58. The fourth-order valence-electron chi connectivity index (χ4n) is 2.23. The second-order valence-corrected chi connectivity index (χ2v) is 4.23. The molecule has 0 radical (unpaired) electrons. The lowest BCUT2D eigenvalue weighted by Crippen LogP contribution is -2.27. The number of hydrogen-bond donors (Lipinski definition) is 3. The maximum Gasteiger partial charge on any atom is 0.350 e. The molecular weight excluding hydrogens is 222 g/mol. The van der Waals surface area contributed by atoms with Crippen molar-refractivity contribution in [2.45, 2.75) is 18.6 Å². The molecule has 1 saturated carbocycles. The first-order valence-electron chi connectivity index (χ1n) is 5.37. The van der Waals surface area contributed by atoms with Crippen molar-refractivity contribution in [3.63, 3.8) is 0 Å². The molecule has 3 unspecified atom stereocenters. The van der Waals surface area contributed by atoms with Gasteiger partial charge in [0, 0.05) is 12.1 Å². The first-order valence-corrected chi connectivity index (χ1v) is 5.37. The molecule has 1 aliphatic carbocycles. The van der Waals surface area contributed by atoms with Crippen LogP contribution >= 0.6 is 0 Å². The minimum atomic E-state index is -0.679. The zero-order chi connectivity index (χ0) is 12.6. The first-order chi connectivity index (χ1) is 8.04. The van der Waals surface area contributed by atoms with Crippen molar-refractivity contribution < 1.29 is 10.2 Å². The molecule has 17 heavy (non-hydrogen) atoms. The molecule has 4 N–H and O–H groups in total. The molecule has 6 nitrogen and oxygen atoms in total. The molecule has 0 amide bonds.